The number of rotatable bonds is 10. The predicted molar refractivity (Wildman–Crippen MR) is 126 cm³/mol. The van der Waals surface area contributed by atoms with Gasteiger partial charge in [0.15, 0.2) is 0 Å². The number of amides is 1. The number of nitrogens with zero attached hydrogens (tertiary/aromatic N) is 2. The van der Waals surface area contributed by atoms with Gasteiger partial charge in [-0.3, -0.25) is 4.79 Å². The van der Waals surface area contributed by atoms with E-state index in [4.69, 9.17) is 9.47 Å². The summed E-state index contributed by atoms with van der Waals surface area (Å²) in [5, 5.41) is 3.80. The largest absolute Gasteiger partial charge is 0.497 e. The molecule has 10 heteroatoms. The molecule has 0 fully saturated rings. The minimum atomic E-state index is -4.19. The lowest BCUT2D eigenvalue weighted by Crippen LogP contribution is -2.39. The van der Waals surface area contributed by atoms with E-state index in [1.807, 2.05) is 0 Å². The molecule has 0 spiro atoms. The fourth-order valence-electron chi connectivity index (χ4n) is 3.10. The first kappa shape index (κ1) is 24.9. The molecule has 0 aliphatic heterocycles. The van der Waals surface area contributed by atoms with Crippen LogP contribution in [0.1, 0.15) is 11.1 Å². The normalized spacial score (nSPS) is 11.5. The molecule has 0 aromatic heterocycles. The van der Waals surface area contributed by atoms with Crippen LogP contribution in [-0.2, 0) is 21.4 Å². The molecule has 0 atom stereocenters. The van der Waals surface area contributed by atoms with Gasteiger partial charge in [0.05, 0.1) is 27.0 Å². The number of methoxy groups -OCH3 is 2. The third-order valence-electron chi connectivity index (χ3n) is 4.76. The van der Waals surface area contributed by atoms with Gasteiger partial charge >= 0.3 is 0 Å². The quantitative estimate of drug-likeness (QED) is 0.351. The first-order valence-corrected chi connectivity index (χ1v) is 11.6. The molecular formula is C24H24FN3O5S. The molecule has 0 heterocycles. The van der Waals surface area contributed by atoms with E-state index in [1.54, 1.807) is 42.5 Å². The summed E-state index contributed by atoms with van der Waals surface area (Å²) in [7, 11) is -1.41. The van der Waals surface area contributed by atoms with Gasteiger partial charge in [-0.25, -0.2) is 18.2 Å². The first-order valence-electron chi connectivity index (χ1n) is 10.2. The number of carbonyl (C=O) groups is 1. The number of carbonyl (C=O) groups excluding carboxylic acids is 1. The van der Waals surface area contributed by atoms with Crippen LogP contribution in [0.3, 0.4) is 0 Å². The van der Waals surface area contributed by atoms with Crippen LogP contribution in [-0.4, -0.2) is 45.6 Å². The first-order chi connectivity index (χ1) is 16.3. The number of ether oxygens (including phenoxy) is 2. The van der Waals surface area contributed by atoms with Crippen molar-refractivity contribution in [2.24, 2.45) is 5.10 Å². The third-order valence-corrected chi connectivity index (χ3v) is 6.57. The summed E-state index contributed by atoms with van der Waals surface area (Å²) in [6.07, 6.45) is 1.27. The van der Waals surface area contributed by atoms with E-state index in [-0.39, 0.29) is 17.2 Å². The Bertz CT molecular complexity index is 1270. The van der Waals surface area contributed by atoms with E-state index in [2.05, 4.69) is 10.5 Å². The maximum atomic E-state index is 13.6. The number of hydrazone groups is 1. The topological polar surface area (TPSA) is 97.3 Å². The van der Waals surface area contributed by atoms with Crippen molar-refractivity contribution in [3.63, 3.8) is 0 Å². The van der Waals surface area contributed by atoms with Crippen LogP contribution in [0.2, 0.25) is 0 Å². The minimum Gasteiger partial charge on any atom is -0.497 e. The zero-order valence-electron chi connectivity index (χ0n) is 18.6. The summed E-state index contributed by atoms with van der Waals surface area (Å²) in [5.41, 5.74) is 3.41. The van der Waals surface area contributed by atoms with Crippen LogP contribution in [0.15, 0.2) is 82.8 Å². The van der Waals surface area contributed by atoms with Crippen molar-refractivity contribution in [2.75, 3.05) is 20.8 Å². The predicted octanol–water partition coefficient (Wildman–Crippen LogP) is 3.18. The summed E-state index contributed by atoms with van der Waals surface area (Å²) >= 11 is 0. The SMILES string of the molecule is COc1ccc(OC)c(S(=O)(=O)N(CC(=O)NN=Cc2cccc(F)c2)Cc2ccccc2)c1. The van der Waals surface area contributed by atoms with Crippen LogP contribution in [0.5, 0.6) is 11.5 Å². The highest BCUT2D eigenvalue weighted by atomic mass is 32.2. The van der Waals surface area contributed by atoms with Crippen LogP contribution < -0.4 is 14.9 Å². The molecule has 3 rings (SSSR count). The van der Waals surface area contributed by atoms with Gasteiger partial charge in [0.1, 0.15) is 22.2 Å². The molecule has 0 radical (unpaired) electrons. The highest BCUT2D eigenvalue weighted by Gasteiger charge is 2.30. The lowest BCUT2D eigenvalue weighted by atomic mass is 10.2. The number of nitrogens with one attached hydrogen (secondary N) is 1. The lowest BCUT2D eigenvalue weighted by molar-refractivity contribution is -0.121. The average Bonchev–Trinajstić information content (AvgIpc) is 2.84. The molecule has 0 saturated carbocycles. The van der Waals surface area contributed by atoms with Gasteiger partial charge in [0.25, 0.3) is 5.91 Å². The number of benzene rings is 3. The van der Waals surface area contributed by atoms with Crippen LogP contribution in [0.4, 0.5) is 4.39 Å². The van der Waals surface area contributed by atoms with Crippen molar-refractivity contribution < 1.29 is 27.1 Å². The monoisotopic (exact) mass is 485 g/mol. The van der Waals surface area contributed by atoms with Crippen molar-refractivity contribution in [1.29, 1.82) is 0 Å². The number of sulfonamides is 1. The smallest absolute Gasteiger partial charge is 0.255 e. The molecular weight excluding hydrogens is 461 g/mol. The molecule has 3 aromatic rings. The van der Waals surface area contributed by atoms with E-state index in [0.717, 1.165) is 4.31 Å². The molecule has 34 heavy (non-hydrogen) atoms. The molecule has 0 unspecified atom stereocenters. The highest BCUT2D eigenvalue weighted by Crippen LogP contribution is 2.31. The summed E-state index contributed by atoms with van der Waals surface area (Å²) in [6.45, 7) is -0.581. The summed E-state index contributed by atoms with van der Waals surface area (Å²) < 4.78 is 51.9. The molecule has 1 N–H and O–H groups in total. The molecule has 0 bridgehead atoms. The van der Waals surface area contributed by atoms with E-state index < -0.39 is 28.3 Å². The Balaban J connectivity index is 1.87. The van der Waals surface area contributed by atoms with E-state index in [0.29, 0.717) is 16.9 Å². The van der Waals surface area contributed by atoms with Crippen molar-refractivity contribution in [2.45, 2.75) is 11.4 Å². The summed E-state index contributed by atoms with van der Waals surface area (Å²) in [4.78, 5) is 12.5. The maximum Gasteiger partial charge on any atom is 0.255 e. The van der Waals surface area contributed by atoms with Gasteiger partial charge in [-0.1, -0.05) is 42.5 Å². The molecule has 0 aliphatic rings. The van der Waals surface area contributed by atoms with Crippen molar-refractivity contribution >= 4 is 22.1 Å². The fraction of sp³-hybridized carbons (Fsp3) is 0.167. The molecule has 3 aromatic carbocycles. The Labute approximate surface area is 197 Å². The maximum absolute atomic E-state index is 13.6. The second-order valence-corrected chi connectivity index (χ2v) is 9.03. The third kappa shape index (κ3) is 6.40. The van der Waals surface area contributed by atoms with E-state index in [1.165, 1.54) is 50.8 Å². The zero-order chi connectivity index (χ0) is 24.6. The molecule has 0 saturated heterocycles. The molecule has 0 aliphatic carbocycles. The minimum absolute atomic E-state index is 0.0649. The van der Waals surface area contributed by atoms with Gasteiger partial charge in [0.2, 0.25) is 10.0 Å². The Morgan fingerprint density at radius 1 is 1.03 bits per heavy atom. The standard InChI is InChI=1S/C24H24FN3O5S/c1-32-21-11-12-22(33-2)23(14-21)34(30,31)28(16-18-7-4-3-5-8-18)17-24(29)27-26-15-19-9-6-10-20(25)13-19/h3-15H,16-17H2,1-2H3,(H,27,29). The van der Waals surface area contributed by atoms with Crippen molar-refractivity contribution in [3.05, 3.63) is 89.7 Å². The van der Waals surface area contributed by atoms with Crippen molar-refractivity contribution in [3.8, 4) is 11.5 Å². The fourth-order valence-corrected chi connectivity index (χ4v) is 4.65. The summed E-state index contributed by atoms with van der Waals surface area (Å²) in [6, 6.07) is 18.9. The highest BCUT2D eigenvalue weighted by molar-refractivity contribution is 7.89. The summed E-state index contributed by atoms with van der Waals surface area (Å²) in [5.74, 6) is -0.678. The Morgan fingerprint density at radius 3 is 2.47 bits per heavy atom. The molecule has 178 valence electrons. The molecule has 8 nitrogen and oxygen atoms in total. The number of hydrogen-bond donors (Lipinski definition) is 1. The number of hydrogen-bond acceptors (Lipinski definition) is 6. The van der Waals surface area contributed by atoms with Crippen molar-refractivity contribution in [1.82, 2.24) is 9.73 Å². The molecule has 1 amide bonds. The number of halogens is 1. The second-order valence-electron chi connectivity index (χ2n) is 7.12. The van der Waals surface area contributed by atoms with Gasteiger partial charge in [-0.15, -0.1) is 0 Å². The van der Waals surface area contributed by atoms with Crippen LogP contribution >= 0.6 is 0 Å². The van der Waals surface area contributed by atoms with Gasteiger partial charge in [-0.05, 0) is 35.4 Å². The van der Waals surface area contributed by atoms with Gasteiger partial charge in [0, 0.05) is 12.6 Å². The van der Waals surface area contributed by atoms with E-state index in [9.17, 15) is 17.6 Å². The van der Waals surface area contributed by atoms with E-state index >= 15 is 0 Å². The second kappa shape index (κ2) is 11.4. The Morgan fingerprint density at radius 2 is 1.79 bits per heavy atom. The van der Waals surface area contributed by atoms with Crippen LogP contribution in [0.25, 0.3) is 0 Å². The Kier molecular flexibility index (Phi) is 8.34. The van der Waals surface area contributed by atoms with Crippen LogP contribution in [0, 0.1) is 5.82 Å². The zero-order valence-corrected chi connectivity index (χ0v) is 19.5. The van der Waals surface area contributed by atoms with Gasteiger partial charge < -0.3 is 9.47 Å². The van der Waals surface area contributed by atoms with Gasteiger partial charge in [-0.2, -0.15) is 9.41 Å². The lowest BCUT2D eigenvalue weighted by Gasteiger charge is -2.23. The average molecular weight is 486 g/mol. The Hall–Kier alpha value is -3.76.